The van der Waals surface area contributed by atoms with Crippen molar-refractivity contribution >= 4 is 23.4 Å². The number of rotatable bonds is 6. The Morgan fingerprint density at radius 3 is 2.82 bits per heavy atom. The standard InChI is InChI=1S/C18H13N3O6S/c1-11-6-7-19-18(20-11)28-10-12-8-15(22)16(9-26-12)27-17(23)13-4-2-3-5-14(13)21(24)25/h2-9H,10H2,1H3. The van der Waals surface area contributed by atoms with Crippen molar-refractivity contribution in [3.63, 3.8) is 0 Å². The minimum absolute atomic E-state index is 0.261. The van der Waals surface area contributed by atoms with Gasteiger partial charge in [-0.25, -0.2) is 14.8 Å². The van der Waals surface area contributed by atoms with E-state index in [1.54, 1.807) is 12.3 Å². The third-order valence-corrected chi connectivity index (χ3v) is 4.38. The van der Waals surface area contributed by atoms with Crippen LogP contribution in [-0.2, 0) is 5.75 Å². The molecule has 0 aliphatic rings. The summed E-state index contributed by atoms with van der Waals surface area (Å²) in [5.41, 5.74) is -0.443. The van der Waals surface area contributed by atoms with Crippen molar-refractivity contribution < 1.29 is 18.9 Å². The Bertz CT molecular complexity index is 1100. The zero-order valence-corrected chi connectivity index (χ0v) is 15.3. The molecule has 0 atom stereocenters. The molecule has 0 N–H and O–H groups in total. The van der Waals surface area contributed by atoms with Gasteiger partial charge < -0.3 is 9.15 Å². The summed E-state index contributed by atoms with van der Waals surface area (Å²) < 4.78 is 10.3. The Hall–Kier alpha value is -3.53. The molecule has 0 aliphatic carbocycles. The van der Waals surface area contributed by atoms with E-state index in [4.69, 9.17) is 9.15 Å². The highest BCUT2D eigenvalue weighted by molar-refractivity contribution is 7.98. The molecule has 142 valence electrons. The molecule has 2 aromatic heterocycles. The van der Waals surface area contributed by atoms with E-state index >= 15 is 0 Å². The van der Waals surface area contributed by atoms with Crippen molar-refractivity contribution in [2.75, 3.05) is 0 Å². The molecule has 3 rings (SSSR count). The van der Waals surface area contributed by atoms with Crippen LogP contribution < -0.4 is 10.2 Å². The fourth-order valence-corrected chi connectivity index (χ4v) is 2.95. The number of para-hydroxylation sites is 1. The molecule has 0 aliphatic heterocycles. The van der Waals surface area contributed by atoms with Crippen LogP contribution in [0.2, 0.25) is 0 Å². The van der Waals surface area contributed by atoms with Crippen molar-refractivity contribution in [1.82, 2.24) is 9.97 Å². The maximum Gasteiger partial charge on any atom is 0.350 e. The van der Waals surface area contributed by atoms with Crippen LogP contribution in [0.1, 0.15) is 21.8 Å². The van der Waals surface area contributed by atoms with Crippen LogP contribution >= 0.6 is 11.8 Å². The van der Waals surface area contributed by atoms with Gasteiger partial charge in [0.05, 0.1) is 10.7 Å². The first-order valence-corrected chi connectivity index (χ1v) is 8.92. The zero-order chi connectivity index (χ0) is 20.1. The third-order valence-electron chi connectivity index (χ3n) is 3.49. The summed E-state index contributed by atoms with van der Waals surface area (Å²) in [6.45, 7) is 1.84. The van der Waals surface area contributed by atoms with Crippen LogP contribution in [0.25, 0.3) is 0 Å². The number of esters is 1. The Morgan fingerprint density at radius 2 is 2.11 bits per heavy atom. The molecule has 0 unspecified atom stereocenters. The summed E-state index contributed by atoms with van der Waals surface area (Å²) in [7, 11) is 0. The van der Waals surface area contributed by atoms with E-state index in [1.807, 2.05) is 6.92 Å². The number of carbonyl (C=O) groups is 1. The Kier molecular flexibility index (Phi) is 5.80. The number of aryl methyl sites for hydroxylation is 1. The van der Waals surface area contributed by atoms with Crippen molar-refractivity contribution in [2.24, 2.45) is 0 Å². The number of hydrogen-bond donors (Lipinski definition) is 0. The lowest BCUT2D eigenvalue weighted by atomic mass is 10.2. The average Bonchev–Trinajstić information content (AvgIpc) is 2.68. The Labute approximate surface area is 162 Å². The molecule has 0 bridgehead atoms. The summed E-state index contributed by atoms with van der Waals surface area (Å²) in [5.74, 6) is -0.735. The van der Waals surface area contributed by atoms with Crippen LogP contribution in [0, 0.1) is 17.0 Å². The highest BCUT2D eigenvalue weighted by Crippen LogP contribution is 2.21. The highest BCUT2D eigenvalue weighted by Gasteiger charge is 2.22. The molecule has 28 heavy (non-hydrogen) atoms. The van der Waals surface area contributed by atoms with Crippen LogP contribution in [0.5, 0.6) is 5.75 Å². The number of benzene rings is 1. The number of nitrogens with zero attached hydrogens (tertiary/aromatic N) is 3. The minimum Gasteiger partial charge on any atom is -0.464 e. The maximum absolute atomic E-state index is 12.2. The molecular formula is C18H13N3O6S. The van der Waals surface area contributed by atoms with Crippen LogP contribution in [0.3, 0.4) is 0 Å². The van der Waals surface area contributed by atoms with E-state index < -0.39 is 22.0 Å². The molecule has 0 fully saturated rings. The monoisotopic (exact) mass is 399 g/mol. The average molecular weight is 399 g/mol. The van der Waals surface area contributed by atoms with Gasteiger partial charge in [0.25, 0.3) is 5.69 Å². The fourth-order valence-electron chi connectivity index (χ4n) is 2.18. The number of nitro benzene ring substituents is 1. The van der Waals surface area contributed by atoms with Gasteiger partial charge in [0, 0.05) is 24.0 Å². The lowest BCUT2D eigenvalue weighted by molar-refractivity contribution is -0.385. The normalized spacial score (nSPS) is 10.5. The van der Waals surface area contributed by atoms with Crippen LogP contribution in [-0.4, -0.2) is 20.9 Å². The van der Waals surface area contributed by atoms with Gasteiger partial charge in [-0.15, -0.1) is 0 Å². The lowest BCUT2D eigenvalue weighted by Gasteiger charge is -2.05. The SMILES string of the molecule is Cc1ccnc(SCc2cc(=O)c(OC(=O)c3ccccc3[N+](=O)[O-])co2)n1. The molecule has 0 spiro atoms. The molecule has 0 saturated heterocycles. The molecular weight excluding hydrogens is 386 g/mol. The summed E-state index contributed by atoms with van der Waals surface area (Å²) in [6, 6.07) is 8.25. The quantitative estimate of drug-likeness (QED) is 0.202. The maximum atomic E-state index is 12.2. The topological polar surface area (TPSA) is 125 Å². The smallest absolute Gasteiger partial charge is 0.350 e. The van der Waals surface area contributed by atoms with E-state index in [9.17, 15) is 19.7 Å². The number of nitro groups is 1. The molecule has 10 heteroatoms. The van der Waals surface area contributed by atoms with E-state index in [1.165, 1.54) is 42.1 Å². The van der Waals surface area contributed by atoms with Gasteiger partial charge >= 0.3 is 5.97 Å². The second-order valence-electron chi connectivity index (χ2n) is 5.51. The molecule has 1 aromatic carbocycles. The van der Waals surface area contributed by atoms with Gasteiger partial charge in [0.15, 0.2) is 5.16 Å². The number of thioether (sulfide) groups is 1. The second-order valence-corrected chi connectivity index (χ2v) is 6.45. The van der Waals surface area contributed by atoms with Gasteiger partial charge in [-0.3, -0.25) is 14.9 Å². The number of aromatic nitrogens is 2. The molecule has 3 aromatic rings. The Morgan fingerprint density at radius 1 is 1.32 bits per heavy atom. The summed E-state index contributed by atoms with van der Waals surface area (Å²) >= 11 is 1.28. The molecule has 0 radical (unpaired) electrons. The van der Waals surface area contributed by atoms with Gasteiger partial charge in [-0.1, -0.05) is 23.9 Å². The predicted octanol–water partition coefficient (Wildman–Crippen LogP) is 3.16. The van der Waals surface area contributed by atoms with E-state index in [-0.39, 0.29) is 11.3 Å². The van der Waals surface area contributed by atoms with Gasteiger partial charge in [0.1, 0.15) is 17.6 Å². The fraction of sp³-hybridized carbons (Fsp3) is 0.111. The highest BCUT2D eigenvalue weighted by atomic mass is 32.2. The molecule has 0 saturated carbocycles. The third kappa shape index (κ3) is 4.60. The first kappa shape index (κ1) is 19.2. The molecule has 0 amide bonds. The number of ether oxygens (including phenoxy) is 1. The van der Waals surface area contributed by atoms with Crippen LogP contribution in [0.15, 0.2) is 63.2 Å². The Balaban J connectivity index is 1.72. The summed E-state index contributed by atoms with van der Waals surface area (Å²) in [6.07, 6.45) is 2.63. The van der Waals surface area contributed by atoms with Crippen molar-refractivity contribution in [1.29, 1.82) is 0 Å². The van der Waals surface area contributed by atoms with E-state index in [0.29, 0.717) is 16.7 Å². The minimum atomic E-state index is -1.02. The van der Waals surface area contributed by atoms with Crippen molar-refractivity contribution in [3.8, 4) is 5.75 Å². The summed E-state index contributed by atoms with van der Waals surface area (Å²) in [5, 5.41) is 11.5. The molecule has 2 heterocycles. The van der Waals surface area contributed by atoms with Crippen molar-refractivity contribution in [2.45, 2.75) is 17.8 Å². The van der Waals surface area contributed by atoms with Gasteiger partial charge in [-0.2, -0.15) is 0 Å². The van der Waals surface area contributed by atoms with Gasteiger partial charge in [0.2, 0.25) is 11.2 Å². The largest absolute Gasteiger partial charge is 0.464 e. The number of hydrogen-bond acceptors (Lipinski definition) is 9. The zero-order valence-electron chi connectivity index (χ0n) is 14.5. The first-order valence-electron chi connectivity index (χ1n) is 7.94. The lowest BCUT2D eigenvalue weighted by Crippen LogP contribution is -2.16. The second kappa shape index (κ2) is 8.44. The van der Waals surface area contributed by atoms with Crippen molar-refractivity contribution in [3.05, 3.63) is 86.2 Å². The molecule has 9 nitrogen and oxygen atoms in total. The number of carbonyl (C=O) groups excluding carboxylic acids is 1. The predicted molar refractivity (Wildman–Crippen MR) is 99.4 cm³/mol. The summed E-state index contributed by atoms with van der Waals surface area (Å²) in [4.78, 5) is 43.0. The first-order chi connectivity index (χ1) is 13.4. The van der Waals surface area contributed by atoms with E-state index in [0.717, 1.165) is 12.0 Å². The van der Waals surface area contributed by atoms with Gasteiger partial charge in [-0.05, 0) is 19.1 Å². The van der Waals surface area contributed by atoms with Crippen LogP contribution in [0.4, 0.5) is 5.69 Å². The van der Waals surface area contributed by atoms with E-state index in [2.05, 4.69) is 9.97 Å².